The van der Waals surface area contributed by atoms with Gasteiger partial charge in [-0.1, -0.05) is 23.3 Å². The highest BCUT2D eigenvalue weighted by atomic mass is 16.5. The number of tetrazole rings is 1. The van der Waals surface area contributed by atoms with Gasteiger partial charge in [-0.25, -0.2) is 4.79 Å². The third kappa shape index (κ3) is 2.60. The van der Waals surface area contributed by atoms with Crippen molar-refractivity contribution in [3.05, 3.63) is 51.6 Å². The average molecular weight is 313 g/mol. The predicted octanol–water partition coefficient (Wildman–Crippen LogP) is 0.823. The van der Waals surface area contributed by atoms with Crippen molar-refractivity contribution in [3.63, 3.8) is 0 Å². The van der Waals surface area contributed by atoms with Gasteiger partial charge in [0.1, 0.15) is 12.4 Å². The maximum atomic E-state index is 12.0. The molecule has 2 heterocycles. The summed E-state index contributed by atoms with van der Waals surface area (Å²) in [6.07, 6.45) is 5.41. The molecular weight excluding hydrogens is 298 g/mol. The lowest BCUT2D eigenvalue weighted by Crippen LogP contribution is -2.23. The van der Waals surface area contributed by atoms with Gasteiger partial charge in [-0.3, -0.25) is 0 Å². The number of terminal acetylenes is 1. The summed E-state index contributed by atoms with van der Waals surface area (Å²) < 4.78 is 20.4. The zero-order valence-corrected chi connectivity index (χ0v) is 12.5. The van der Waals surface area contributed by atoms with Crippen LogP contribution in [0, 0.1) is 19.3 Å². The van der Waals surface area contributed by atoms with Crippen LogP contribution >= 0.6 is 0 Å². The van der Waals surface area contributed by atoms with Gasteiger partial charge in [0.2, 0.25) is 11.6 Å². The van der Waals surface area contributed by atoms with Gasteiger partial charge >= 0.3 is 5.69 Å². The summed E-state index contributed by atoms with van der Waals surface area (Å²) in [5.74, 6) is 3.24. The molecule has 0 bridgehead atoms. The lowest BCUT2D eigenvalue weighted by atomic mass is 10.2. The van der Waals surface area contributed by atoms with E-state index in [4.69, 9.17) is 17.1 Å². The van der Waals surface area contributed by atoms with Crippen molar-refractivity contribution in [2.75, 3.05) is 0 Å². The second kappa shape index (κ2) is 5.81. The molecule has 0 N–H and O–H groups in total. The molecule has 0 aliphatic heterocycles. The Kier molecular flexibility index (Phi) is 3.37. The third-order valence-electron chi connectivity index (χ3n) is 3.21. The Morgan fingerprint density at radius 1 is 1.48 bits per heavy atom. The standard InChI is InChI=1S/C15H13N5O3/c1-4-12-11(9-22-13-8-6-5-7-10(13)2)14(16-23-12)20-15(21)19(3)17-18-20/h1,5-8H,9H2,2-3H3/i5T. The molecule has 0 aliphatic rings. The Balaban J connectivity index is 1.96. The fourth-order valence-corrected chi connectivity index (χ4v) is 1.97. The Morgan fingerprint density at radius 3 is 2.96 bits per heavy atom. The number of rotatable bonds is 4. The van der Waals surface area contributed by atoms with E-state index in [9.17, 15) is 4.79 Å². The van der Waals surface area contributed by atoms with Crippen LogP contribution in [0.4, 0.5) is 0 Å². The molecule has 116 valence electrons. The van der Waals surface area contributed by atoms with Crippen LogP contribution in [0.25, 0.3) is 5.82 Å². The molecule has 2 aromatic heterocycles. The minimum absolute atomic E-state index is 0.0273. The second-order valence-electron chi connectivity index (χ2n) is 4.74. The highest BCUT2D eigenvalue weighted by Gasteiger charge is 2.21. The fourth-order valence-electron chi connectivity index (χ4n) is 1.97. The van der Waals surface area contributed by atoms with E-state index in [1.807, 2.05) is 6.92 Å². The first kappa shape index (κ1) is 13.3. The van der Waals surface area contributed by atoms with Crippen molar-refractivity contribution in [2.24, 2.45) is 7.05 Å². The highest BCUT2D eigenvalue weighted by Crippen LogP contribution is 2.21. The predicted molar refractivity (Wildman–Crippen MR) is 80.1 cm³/mol. The molecule has 0 fully saturated rings. The smallest absolute Gasteiger partial charge is 0.369 e. The van der Waals surface area contributed by atoms with Crippen LogP contribution in [0.5, 0.6) is 5.75 Å². The number of aromatic nitrogens is 5. The molecule has 1 aromatic carbocycles. The number of aryl methyl sites for hydroxylation is 2. The minimum Gasteiger partial charge on any atom is -0.488 e. The molecule has 23 heavy (non-hydrogen) atoms. The fraction of sp³-hybridized carbons (Fsp3) is 0.200. The first-order valence-corrected chi connectivity index (χ1v) is 6.66. The number of hydrogen-bond donors (Lipinski definition) is 0. The number of ether oxygens (including phenoxy) is 1. The van der Waals surface area contributed by atoms with E-state index in [-0.39, 0.29) is 18.2 Å². The van der Waals surface area contributed by atoms with Crippen molar-refractivity contribution in [1.29, 1.82) is 0 Å². The molecule has 0 spiro atoms. The molecule has 8 heteroatoms. The first-order valence-electron chi connectivity index (χ1n) is 7.16. The Labute approximate surface area is 132 Å². The zero-order chi connectivity index (χ0) is 17.3. The van der Waals surface area contributed by atoms with Crippen LogP contribution in [0.2, 0.25) is 0 Å². The zero-order valence-electron chi connectivity index (χ0n) is 13.5. The van der Waals surface area contributed by atoms with Crippen LogP contribution in [0.1, 0.15) is 18.3 Å². The molecule has 0 radical (unpaired) electrons. The van der Waals surface area contributed by atoms with Crippen molar-refractivity contribution < 1.29 is 10.6 Å². The van der Waals surface area contributed by atoms with Crippen molar-refractivity contribution >= 4 is 0 Å². The van der Waals surface area contributed by atoms with E-state index in [1.165, 1.54) is 7.05 Å². The largest absolute Gasteiger partial charge is 0.488 e. The number of nitrogens with zero attached hydrogens (tertiary/aromatic N) is 5. The van der Waals surface area contributed by atoms with Gasteiger partial charge in [0.15, 0.2) is 0 Å². The van der Waals surface area contributed by atoms with E-state index >= 15 is 0 Å². The van der Waals surface area contributed by atoms with E-state index in [1.54, 1.807) is 18.2 Å². The summed E-state index contributed by atoms with van der Waals surface area (Å²) in [4.78, 5) is 12.0. The molecule has 0 unspecified atom stereocenters. The summed E-state index contributed by atoms with van der Waals surface area (Å²) in [5.41, 5.74) is 0.733. The van der Waals surface area contributed by atoms with E-state index in [2.05, 4.69) is 21.5 Å². The monoisotopic (exact) mass is 313 g/mol. The number of hydrogen-bond acceptors (Lipinski definition) is 6. The summed E-state index contributed by atoms with van der Waals surface area (Å²) in [5, 5.41) is 11.2. The molecule has 8 nitrogen and oxygen atoms in total. The SMILES string of the molecule is [3H]c1ccc(OCc2c(-n3nnn(C)c3=O)noc2C#C)c(C)c1. The molecule has 0 saturated heterocycles. The van der Waals surface area contributed by atoms with Crippen LogP contribution < -0.4 is 10.4 Å². The average Bonchev–Trinajstić information content (AvgIpc) is 3.10. The van der Waals surface area contributed by atoms with E-state index in [0.717, 1.165) is 14.9 Å². The van der Waals surface area contributed by atoms with Gasteiger partial charge in [0, 0.05) is 7.05 Å². The van der Waals surface area contributed by atoms with Crippen LogP contribution in [0.3, 0.4) is 0 Å². The van der Waals surface area contributed by atoms with Crippen LogP contribution in [0.15, 0.2) is 33.6 Å². The second-order valence-corrected chi connectivity index (χ2v) is 4.74. The number of para-hydroxylation sites is 1. The molecule has 0 amide bonds. The molecule has 0 atom stereocenters. The topological polar surface area (TPSA) is 88.0 Å². The molecule has 3 rings (SSSR count). The molecule has 3 aromatic rings. The summed E-state index contributed by atoms with van der Waals surface area (Å²) in [6, 6.07) is 5.38. The van der Waals surface area contributed by atoms with Gasteiger partial charge in [-0.15, -0.1) is 11.1 Å². The Bertz CT molecular complexity index is 995. The first-order chi connectivity index (χ1) is 11.5. The van der Waals surface area contributed by atoms with E-state index in [0.29, 0.717) is 17.4 Å². The molecule has 0 aliphatic carbocycles. The summed E-state index contributed by atoms with van der Waals surface area (Å²) in [7, 11) is 1.47. The summed E-state index contributed by atoms with van der Waals surface area (Å²) in [6.45, 7) is 1.86. The van der Waals surface area contributed by atoms with Crippen molar-refractivity contribution in [3.8, 4) is 23.9 Å². The van der Waals surface area contributed by atoms with Gasteiger partial charge in [0.05, 0.1) is 6.93 Å². The molecule has 0 saturated carbocycles. The van der Waals surface area contributed by atoms with E-state index < -0.39 is 5.69 Å². The highest BCUT2D eigenvalue weighted by molar-refractivity contribution is 5.42. The maximum absolute atomic E-state index is 12.0. The maximum Gasteiger partial charge on any atom is 0.369 e. The number of benzene rings is 1. The summed E-state index contributed by atoms with van der Waals surface area (Å²) >= 11 is 0. The van der Waals surface area contributed by atoms with Gasteiger partial charge in [-0.2, -0.15) is 4.68 Å². The van der Waals surface area contributed by atoms with Gasteiger partial charge in [-0.05, 0) is 34.9 Å². The van der Waals surface area contributed by atoms with Gasteiger partial charge in [0.25, 0.3) is 0 Å². The normalized spacial score (nSPS) is 11.1. The van der Waals surface area contributed by atoms with Crippen molar-refractivity contribution in [1.82, 2.24) is 24.9 Å². The van der Waals surface area contributed by atoms with Crippen molar-refractivity contribution in [2.45, 2.75) is 13.5 Å². The van der Waals surface area contributed by atoms with Gasteiger partial charge < -0.3 is 9.26 Å². The lowest BCUT2D eigenvalue weighted by Gasteiger charge is -2.08. The van der Waals surface area contributed by atoms with Crippen LogP contribution in [-0.4, -0.2) is 24.9 Å². The molecular formula is C15H13N5O3. The Hall–Kier alpha value is -3.34. The minimum atomic E-state index is -0.483. The third-order valence-corrected chi connectivity index (χ3v) is 3.21. The van der Waals surface area contributed by atoms with Crippen LogP contribution in [-0.2, 0) is 13.7 Å². The quantitative estimate of drug-likeness (QED) is 0.663. The lowest BCUT2D eigenvalue weighted by molar-refractivity contribution is 0.301. The Morgan fingerprint density at radius 2 is 2.30 bits per heavy atom.